The first-order valence-electron chi connectivity index (χ1n) is 10.1. The van der Waals surface area contributed by atoms with Crippen molar-refractivity contribution in [3.8, 4) is 17.2 Å². The summed E-state index contributed by atoms with van der Waals surface area (Å²) in [6.45, 7) is 0.107. The van der Waals surface area contributed by atoms with Gasteiger partial charge in [-0.2, -0.15) is 0 Å². The van der Waals surface area contributed by atoms with E-state index >= 15 is 0 Å². The summed E-state index contributed by atoms with van der Waals surface area (Å²) in [6.07, 6.45) is 4.40. The lowest BCUT2D eigenvalue weighted by atomic mass is 10.1. The molecule has 1 aliphatic rings. The quantitative estimate of drug-likeness (QED) is 0.540. The van der Waals surface area contributed by atoms with Crippen LogP contribution in [0.3, 0.4) is 0 Å². The number of rotatable bonds is 9. The molecule has 8 nitrogen and oxygen atoms in total. The molecule has 0 aliphatic carbocycles. The van der Waals surface area contributed by atoms with Gasteiger partial charge >= 0.3 is 0 Å². The molecule has 0 bridgehead atoms. The summed E-state index contributed by atoms with van der Waals surface area (Å²) in [4.78, 5) is 38.4. The van der Waals surface area contributed by atoms with E-state index in [1.54, 1.807) is 30.3 Å². The third-order valence-electron chi connectivity index (χ3n) is 4.79. The summed E-state index contributed by atoms with van der Waals surface area (Å²) in [5.41, 5.74) is 1.26. The summed E-state index contributed by atoms with van der Waals surface area (Å²) in [5, 5.41) is 2.19. The van der Waals surface area contributed by atoms with Gasteiger partial charge in [-0.15, -0.1) is 0 Å². The third kappa shape index (κ3) is 5.96. The second kappa shape index (κ2) is 11.4. The first kappa shape index (κ1) is 24.8. The van der Waals surface area contributed by atoms with Gasteiger partial charge in [0.25, 0.3) is 11.1 Å². The van der Waals surface area contributed by atoms with E-state index in [4.69, 9.17) is 14.2 Å². The van der Waals surface area contributed by atoms with Crippen LogP contribution in [0.1, 0.15) is 11.1 Å². The van der Waals surface area contributed by atoms with Crippen LogP contribution in [0, 0.1) is 5.82 Å². The molecule has 1 N–H and O–H groups in total. The normalized spacial score (nSPS) is 14.7. The highest BCUT2D eigenvalue weighted by molar-refractivity contribution is 8.18. The van der Waals surface area contributed by atoms with Gasteiger partial charge in [-0.25, -0.2) is 4.39 Å². The number of hydrogen-bond acceptors (Lipinski definition) is 7. The van der Waals surface area contributed by atoms with Gasteiger partial charge in [0, 0.05) is 19.2 Å². The molecule has 0 atom stereocenters. The van der Waals surface area contributed by atoms with Crippen molar-refractivity contribution in [2.45, 2.75) is 0 Å². The Labute approximate surface area is 200 Å². The topological polar surface area (TPSA) is 94.2 Å². The lowest BCUT2D eigenvalue weighted by molar-refractivity contribution is -0.123. The molecule has 1 fully saturated rings. The van der Waals surface area contributed by atoms with Crippen molar-refractivity contribution in [3.05, 3.63) is 64.3 Å². The van der Waals surface area contributed by atoms with Crippen molar-refractivity contribution in [3.63, 3.8) is 0 Å². The van der Waals surface area contributed by atoms with E-state index in [2.05, 4.69) is 5.32 Å². The monoisotopic (exact) mass is 486 g/mol. The van der Waals surface area contributed by atoms with Gasteiger partial charge in [0.1, 0.15) is 5.82 Å². The fourth-order valence-electron chi connectivity index (χ4n) is 3.12. The summed E-state index contributed by atoms with van der Waals surface area (Å²) >= 11 is 0.809. The summed E-state index contributed by atoms with van der Waals surface area (Å²) in [7, 11) is 4.46. The number of ether oxygens (including phenoxy) is 3. The fraction of sp³-hybridized carbons (Fsp3) is 0.208. The largest absolute Gasteiger partial charge is 0.493 e. The smallest absolute Gasteiger partial charge is 0.293 e. The van der Waals surface area contributed by atoms with E-state index in [9.17, 15) is 18.8 Å². The van der Waals surface area contributed by atoms with E-state index in [0.29, 0.717) is 28.4 Å². The number of nitrogens with zero attached hydrogens (tertiary/aromatic N) is 1. The number of thioether (sulfide) groups is 1. The molecule has 3 amide bonds. The van der Waals surface area contributed by atoms with Crippen molar-refractivity contribution >= 4 is 41.0 Å². The zero-order valence-electron chi connectivity index (χ0n) is 18.8. The second-order valence-corrected chi connectivity index (χ2v) is 7.96. The number of imide groups is 1. The van der Waals surface area contributed by atoms with Gasteiger partial charge in [-0.3, -0.25) is 19.3 Å². The van der Waals surface area contributed by atoms with Crippen LogP contribution in [0.2, 0.25) is 0 Å². The van der Waals surface area contributed by atoms with E-state index in [1.165, 1.54) is 45.6 Å². The Morgan fingerprint density at radius 1 is 1.03 bits per heavy atom. The molecule has 0 aromatic heterocycles. The van der Waals surface area contributed by atoms with Gasteiger partial charge in [0.2, 0.25) is 11.7 Å². The molecule has 1 heterocycles. The Morgan fingerprint density at radius 3 is 2.26 bits per heavy atom. The molecule has 0 radical (unpaired) electrons. The number of benzene rings is 2. The van der Waals surface area contributed by atoms with Crippen LogP contribution < -0.4 is 19.5 Å². The van der Waals surface area contributed by atoms with Crippen LogP contribution in [0.25, 0.3) is 12.2 Å². The zero-order chi connectivity index (χ0) is 24.7. The molecule has 3 rings (SSSR count). The van der Waals surface area contributed by atoms with Crippen molar-refractivity contribution in [1.29, 1.82) is 0 Å². The average Bonchev–Trinajstić information content (AvgIpc) is 3.10. The van der Waals surface area contributed by atoms with Gasteiger partial charge < -0.3 is 19.5 Å². The summed E-state index contributed by atoms with van der Waals surface area (Å²) in [6, 6.07) is 9.01. The van der Waals surface area contributed by atoms with Gasteiger partial charge in [-0.1, -0.05) is 12.1 Å². The summed E-state index contributed by atoms with van der Waals surface area (Å²) in [5.74, 6) is 0.0363. The van der Waals surface area contributed by atoms with Crippen LogP contribution in [-0.2, 0) is 9.59 Å². The number of hydrogen-bond donors (Lipinski definition) is 1. The van der Waals surface area contributed by atoms with E-state index in [0.717, 1.165) is 16.7 Å². The molecular weight excluding hydrogens is 463 g/mol. The van der Waals surface area contributed by atoms with Crippen LogP contribution in [0.15, 0.2) is 47.4 Å². The summed E-state index contributed by atoms with van der Waals surface area (Å²) < 4.78 is 28.8. The molecule has 2 aromatic carbocycles. The maximum atomic E-state index is 12.9. The third-order valence-corrected chi connectivity index (χ3v) is 5.70. The highest BCUT2D eigenvalue weighted by atomic mass is 32.2. The number of nitrogens with one attached hydrogen (secondary N) is 1. The maximum Gasteiger partial charge on any atom is 0.293 e. The first-order valence-corrected chi connectivity index (χ1v) is 10.9. The first-order chi connectivity index (χ1) is 16.4. The average molecular weight is 487 g/mol. The Hall–Kier alpha value is -3.79. The molecule has 0 saturated carbocycles. The molecule has 1 saturated heterocycles. The minimum Gasteiger partial charge on any atom is -0.493 e. The Balaban J connectivity index is 1.62. The molecule has 10 heteroatoms. The Morgan fingerprint density at radius 2 is 1.68 bits per heavy atom. The van der Waals surface area contributed by atoms with Crippen LogP contribution in [0.5, 0.6) is 17.2 Å². The SMILES string of the molecule is COc1cc(/C=C2/SC(=O)N(CCNC(=O)/C=C\c3ccc(F)cc3)C2=O)cc(OC)c1OC. The minimum absolute atomic E-state index is 0.0212. The zero-order valence-corrected chi connectivity index (χ0v) is 19.6. The molecular formula is C24H23FN2O6S. The number of methoxy groups -OCH3 is 3. The number of halogens is 1. The van der Waals surface area contributed by atoms with Gasteiger partial charge in [0.15, 0.2) is 11.5 Å². The Kier molecular flexibility index (Phi) is 8.31. The van der Waals surface area contributed by atoms with Crippen LogP contribution in [0.4, 0.5) is 9.18 Å². The van der Waals surface area contributed by atoms with E-state index < -0.39 is 17.1 Å². The van der Waals surface area contributed by atoms with Crippen molar-refractivity contribution in [2.24, 2.45) is 0 Å². The molecule has 1 aliphatic heterocycles. The number of carbonyl (C=O) groups is 3. The van der Waals surface area contributed by atoms with Crippen LogP contribution in [-0.4, -0.2) is 56.4 Å². The van der Waals surface area contributed by atoms with Crippen LogP contribution >= 0.6 is 11.8 Å². The van der Waals surface area contributed by atoms with Gasteiger partial charge in [-0.05, 0) is 59.3 Å². The predicted octanol–water partition coefficient (Wildman–Crippen LogP) is 3.72. The second-order valence-electron chi connectivity index (χ2n) is 6.97. The van der Waals surface area contributed by atoms with Crippen molar-refractivity contribution in [2.75, 3.05) is 34.4 Å². The van der Waals surface area contributed by atoms with E-state index in [-0.39, 0.29) is 23.8 Å². The Bertz CT molecular complexity index is 1120. The standard InChI is InChI=1S/C24H23FN2O6S/c1-31-18-12-16(13-19(32-2)22(18)33-3)14-20-23(29)27(24(30)34-20)11-10-26-21(28)9-6-15-4-7-17(25)8-5-15/h4-9,12-14H,10-11H2,1-3H3,(H,26,28)/b9-6-,20-14+. The highest BCUT2D eigenvalue weighted by Gasteiger charge is 2.34. The lowest BCUT2D eigenvalue weighted by Crippen LogP contribution is -2.36. The van der Waals surface area contributed by atoms with Crippen molar-refractivity contribution in [1.82, 2.24) is 10.2 Å². The number of amides is 3. The minimum atomic E-state index is -0.458. The van der Waals surface area contributed by atoms with Crippen molar-refractivity contribution < 1.29 is 33.0 Å². The highest BCUT2D eigenvalue weighted by Crippen LogP contribution is 2.40. The molecule has 178 valence electrons. The lowest BCUT2D eigenvalue weighted by Gasteiger charge is -2.13. The predicted molar refractivity (Wildman–Crippen MR) is 127 cm³/mol. The number of carbonyl (C=O) groups excluding carboxylic acids is 3. The molecule has 34 heavy (non-hydrogen) atoms. The van der Waals surface area contributed by atoms with Gasteiger partial charge in [0.05, 0.1) is 26.2 Å². The maximum absolute atomic E-state index is 12.9. The molecule has 2 aromatic rings. The molecule has 0 unspecified atom stereocenters. The van der Waals surface area contributed by atoms with E-state index in [1.807, 2.05) is 0 Å². The fourth-order valence-corrected chi connectivity index (χ4v) is 3.99. The molecule has 0 spiro atoms.